The van der Waals surface area contributed by atoms with Crippen molar-refractivity contribution in [2.45, 2.75) is 13.3 Å². The molecule has 4 aromatic rings. The van der Waals surface area contributed by atoms with Gasteiger partial charge in [0, 0.05) is 11.1 Å². The summed E-state index contributed by atoms with van der Waals surface area (Å²) in [4.78, 5) is 13.3. The van der Waals surface area contributed by atoms with Crippen molar-refractivity contribution in [3.05, 3.63) is 126 Å². The van der Waals surface area contributed by atoms with Crippen LogP contribution in [0.25, 0.3) is 28.3 Å². The fourth-order valence-electron chi connectivity index (χ4n) is 3.63. The van der Waals surface area contributed by atoms with Crippen LogP contribution in [0, 0.1) is 0 Å². The molecule has 0 fully saturated rings. The van der Waals surface area contributed by atoms with Gasteiger partial charge in [0.1, 0.15) is 0 Å². The number of benzene rings is 4. The number of hydrogen-bond donors (Lipinski definition) is 0. The summed E-state index contributed by atoms with van der Waals surface area (Å²) < 4.78 is 0. The summed E-state index contributed by atoms with van der Waals surface area (Å²) in [7, 11) is 0. The number of rotatable bonds is 6. The summed E-state index contributed by atoms with van der Waals surface area (Å²) in [6, 6.07) is 32.4. The zero-order valence-electron chi connectivity index (χ0n) is 17.1. The molecule has 0 amide bonds. The van der Waals surface area contributed by atoms with Gasteiger partial charge in [0.05, 0.1) is 0 Å². The van der Waals surface area contributed by atoms with Crippen molar-refractivity contribution in [3.63, 3.8) is 0 Å². The Labute approximate surface area is 178 Å². The molecule has 0 bridgehead atoms. The third kappa shape index (κ3) is 4.01. The number of carbonyl (C=O) groups is 1. The van der Waals surface area contributed by atoms with E-state index in [1.165, 1.54) is 5.56 Å². The summed E-state index contributed by atoms with van der Waals surface area (Å²) in [5.74, 6) is 0.0336. The Kier molecular flexibility index (Phi) is 5.72. The predicted molar refractivity (Wildman–Crippen MR) is 127 cm³/mol. The summed E-state index contributed by atoms with van der Waals surface area (Å²) in [6.45, 7) is 5.96. The van der Waals surface area contributed by atoms with Gasteiger partial charge in [0.25, 0.3) is 0 Å². The lowest BCUT2D eigenvalue weighted by Crippen LogP contribution is -2.03. The highest BCUT2D eigenvalue weighted by Crippen LogP contribution is 2.27. The van der Waals surface area contributed by atoms with Gasteiger partial charge in [-0.1, -0.05) is 117 Å². The van der Waals surface area contributed by atoms with Gasteiger partial charge in [0.2, 0.25) is 0 Å². The third-order valence-corrected chi connectivity index (χ3v) is 5.47. The van der Waals surface area contributed by atoms with Gasteiger partial charge < -0.3 is 0 Å². The smallest absolute Gasteiger partial charge is 0.193 e. The maximum absolute atomic E-state index is 13.3. The lowest BCUT2D eigenvalue weighted by Gasteiger charge is -2.10. The zero-order valence-corrected chi connectivity index (χ0v) is 17.1. The van der Waals surface area contributed by atoms with E-state index in [0.717, 1.165) is 34.2 Å². The van der Waals surface area contributed by atoms with Gasteiger partial charge in [-0.05, 0) is 39.8 Å². The van der Waals surface area contributed by atoms with Crippen molar-refractivity contribution in [1.29, 1.82) is 0 Å². The zero-order chi connectivity index (χ0) is 20.9. The van der Waals surface area contributed by atoms with Gasteiger partial charge in [-0.25, -0.2) is 0 Å². The van der Waals surface area contributed by atoms with Crippen molar-refractivity contribution >= 4 is 11.9 Å². The molecule has 0 heterocycles. The molecule has 0 aliphatic rings. The minimum atomic E-state index is 0.0336. The molecule has 4 rings (SSSR count). The highest BCUT2D eigenvalue weighted by atomic mass is 16.1. The van der Waals surface area contributed by atoms with Gasteiger partial charge in [-0.3, -0.25) is 4.79 Å². The van der Waals surface area contributed by atoms with Crippen LogP contribution in [0.3, 0.4) is 0 Å². The molecular weight excluding hydrogens is 364 g/mol. The monoisotopic (exact) mass is 388 g/mol. The Morgan fingerprint density at radius 3 is 1.90 bits per heavy atom. The second-order valence-electron chi connectivity index (χ2n) is 7.33. The average molecular weight is 389 g/mol. The maximum Gasteiger partial charge on any atom is 0.193 e. The van der Waals surface area contributed by atoms with E-state index in [9.17, 15) is 4.79 Å². The van der Waals surface area contributed by atoms with E-state index in [1.807, 2.05) is 78.9 Å². The Hall–Kier alpha value is -3.71. The van der Waals surface area contributed by atoms with Crippen LogP contribution in [-0.4, -0.2) is 5.78 Å². The van der Waals surface area contributed by atoms with Crippen molar-refractivity contribution < 1.29 is 4.79 Å². The summed E-state index contributed by atoms with van der Waals surface area (Å²) >= 11 is 0. The van der Waals surface area contributed by atoms with Gasteiger partial charge in [-0.15, -0.1) is 0 Å². The predicted octanol–water partition coefficient (Wildman–Crippen LogP) is 7.46. The molecule has 0 saturated carbocycles. The minimum Gasteiger partial charge on any atom is -0.289 e. The molecule has 1 heteroatoms. The van der Waals surface area contributed by atoms with Crippen LogP contribution in [-0.2, 0) is 6.42 Å². The molecule has 0 aliphatic carbocycles. The first-order chi connectivity index (χ1) is 14.7. The van der Waals surface area contributed by atoms with Crippen LogP contribution in [0.2, 0.25) is 0 Å². The Balaban J connectivity index is 1.64. The van der Waals surface area contributed by atoms with Crippen LogP contribution in [0.5, 0.6) is 0 Å². The molecule has 0 saturated heterocycles. The van der Waals surface area contributed by atoms with E-state index in [-0.39, 0.29) is 5.78 Å². The summed E-state index contributed by atoms with van der Waals surface area (Å²) in [6.07, 6.45) is 2.85. The van der Waals surface area contributed by atoms with E-state index in [4.69, 9.17) is 0 Å². The molecule has 30 heavy (non-hydrogen) atoms. The van der Waals surface area contributed by atoms with Crippen LogP contribution in [0.4, 0.5) is 0 Å². The summed E-state index contributed by atoms with van der Waals surface area (Å²) in [5, 5.41) is 0. The van der Waals surface area contributed by atoms with Crippen molar-refractivity contribution in [2.75, 3.05) is 0 Å². The largest absolute Gasteiger partial charge is 0.289 e. The van der Waals surface area contributed by atoms with Crippen molar-refractivity contribution in [2.24, 2.45) is 0 Å². The molecule has 146 valence electrons. The Bertz CT molecular complexity index is 1160. The highest BCUT2D eigenvalue weighted by Gasteiger charge is 2.14. The first-order valence-corrected chi connectivity index (χ1v) is 10.3. The molecule has 0 unspecified atom stereocenters. The Morgan fingerprint density at radius 1 is 0.733 bits per heavy atom. The van der Waals surface area contributed by atoms with Crippen molar-refractivity contribution in [3.8, 4) is 22.3 Å². The topological polar surface area (TPSA) is 17.1 Å². The van der Waals surface area contributed by atoms with Gasteiger partial charge in [-0.2, -0.15) is 0 Å². The first-order valence-electron chi connectivity index (χ1n) is 10.3. The maximum atomic E-state index is 13.3. The van der Waals surface area contributed by atoms with Crippen LogP contribution in [0.1, 0.15) is 34.0 Å². The molecule has 4 aromatic carbocycles. The second kappa shape index (κ2) is 8.75. The quantitative estimate of drug-likeness (QED) is 0.313. The van der Waals surface area contributed by atoms with E-state index in [0.29, 0.717) is 11.1 Å². The van der Waals surface area contributed by atoms with E-state index in [2.05, 4.69) is 37.8 Å². The number of ketones is 1. The lowest BCUT2D eigenvalue weighted by molar-refractivity contribution is 0.103. The van der Waals surface area contributed by atoms with E-state index in [1.54, 1.807) is 0 Å². The molecule has 0 radical (unpaired) electrons. The highest BCUT2D eigenvalue weighted by molar-refractivity contribution is 6.13. The van der Waals surface area contributed by atoms with Crippen LogP contribution >= 0.6 is 0 Å². The third-order valence-electron chi connectivity index (χ3n) is 5.47. The molecule has 0 N–H and O–H groups in total. The van der Waals surface area contributed by atoms with Gasteiger partial charge in [0.15, 0.2) is 5.78 Å². The van der Waals surface area contributed by atoms with Crippen molar-refractivity contribution in [1.82, 2.24) is 0 Å². The van der Waals surface area contributed by atoms with Crippen LogP contribution in [0.15, 0.2) is 104 Å². The molecule has 0 aromatic heterocycles. The second-order valence-corrected chi connectivity index (χ2v) is 7.33. The average Bonchev–Trinajstić information content (AvgIpc) is 2.84. The normalized spacial score (nSPS) is 10.6. The first kappa shape index (κ1) is 19.6. The molecule has 0 spiro atoms. The standard InChI is InChI=1S/C29H24O/c1-3-21-9-13-23(14-10-21)24-17-19-26(20-18-24)29(30)28-8-6-5-7-27(28)25-15-11-22(4-2)12-16-25/h4-20H,2-3H2,1H3. The molecule has 0 atom stereocenters. The van der Waals surface area contributed by atoms with E-state index >= 15 is 0 Å². The lowest BCUT2D eigenvalue weighted by atomic mass is 9.92. The summed E-state index contributed by atoms with van der Waals surface area (Å²) in [5.41, 5.74) is 8.03. The number of hydrogen-bond acceptors (Lipinski definition) is 1. The molecule has 0 aliphatic heterocycles. The van der Waals surface area contributed by atoms with Crippen LogP contribution < -0.4 is 0 Å². The fourth-order valence-corrected chi connectivity index (χ4v) is 3.63. The number of aryl methyl sites for hydroxylation is 1. The fraction of sp³-hybridized carbons (Fsp3) is 0.0690. The van der Waals surface area contributed by atoms with E-state index < -0.39 is 0 Å². The number of carbonyl (C=O) groups excluding carboxylic acids is 1. The SMILES string of the molecule is C=Cc1ccc(-c2ccccc2C(=O)c2ccc(-c3ccc(CC)cc3)cc2)cc1. The van der Waals surface area contributed by atoms with Gasteiger partial charge >= 0.3 is 0 Å². The minimum absolute atomic E-state index is 0.0336. The molecule has 1 nitrogen and oxygen atoms in total. The molecular formula is C29H24O. The Morgan fingerprint density at radius 2 is 1.30 bits per heavy atom.